The maximum atomic E-state index is 13.0. The molecule has 2 N–H and O–H groups in total. The molecule has 0 bridgehead atoms. The summed E-state index contributed by atoms with van der Waals surface area (Å²) in [4.78, 5) is 24.3. The van der Waals surface area contributed by atoms with Crippen LogP contribution in [0.5, 0.6) is 0 Å². The highest BCUT2D eigenvalue weighted by Crippen LogP contribution is 2.26. The number of carbonyl (C=O) groups is 2. The molecule has 3 aromatic carbocycles. The lowest BCUT2D eigenvalue weighted by Gasteiger charge is -2.24. The van der Waals surface area contributed by atoms with Crippen LogP contribution in [0.2, 0.25) is 0 Å². The highest BCUT2D eigenvalue weighted by molar-refractivity contribution is 7.92. The van der Waals surface area contributed by atoms with E-state index in [-0.39, 0.29) is 23.7 Å². The Balaban J connectivity index is 1.92. The van der Waals surface area contributed by atoms with E-state index < -0.39 is 15.9 Å². The highest BCUT2D eigenvalue weighted by atomic mass is 32.2. The second-order valence-electron chi connectivity index (χ2n) is 6.99. The molecule has 0 aromatic heterocycles. The van der Waals surface area contributed by atoms with Gasteiger partial charge in [-0.25, -0.2) is 8.42 Å². The lowest BCUT2D eigenvalue weighted by atomic mass is 10.1. The van der Waals surface area contributed by atoms with Crippen LogP contribution in [0, 0.1) is 0 Å². The van der Waals surface area contributed by atoms with Crippen molar-refractivity contribution in [2.24, 2.45) is 0 Å². The second kappa shape index (κ2) is 9.44. The standard InChI is InChI=1S/C23H23N3O4S/c1-17(27)24-19-11-8-12-20(15-19)25-23(28)21-13-6-7-14-22(21)26(31(2,29)30)16-18-9-4-3-5-10-18/h3-15H,16H2,1-2H3,(H,24,27)(H,25,28). The first-order valence-electron chi connectivity index (χ1n) is 9.54. The number of nitrogens with zero attached hydrogens (tertiary/aromatic N) is 1. The van der Waals surface area contributed by atoms with Gasteiger partial charge in [0.15, 0.2) is 0 Å². The monoisotopic (exact) mass is 437 g/mol. The fourth-order valence-corrected chi connectivity index (χ4v) is 3.99. The number of hydrogen-bond donors (Lipinski definition) is 2. The predicted molar refractivity (Wildman–Crippen MR) is 123 cm³/mol. The molecule has 0 aliphatic heterocycles. The van der Waals surface area contributed by atoms with Crippen LogP contribution in [0.25, 0.3) is 0 Å². The maximum absolute atomic E-state index is 13.0. The van der Waals surface area contributed by atoms with Crippen molar-refractivity contribution in [3.05, 3.63) is 90.0 Å². The quantitative estimate of drug-likeness (QED) is 0.587. The zero-order valence-electron chi connectivity index (χ0n) is 17.2. The van der Waals surface area contributed by atoms with Gasteiger partial charge in [-0.05, 0) is 35.9 Å². The smallest absolute Gasteiger partial charge is 0.257 e. The van der Waals surface area contributed by atoms with Crippen LogP contribution in [0.3, 0.4) is 0 Å². The summed E-state index contributed by atoms with van der Waals surface area (Å²) in [6, 6.07) is 22.4. The minimum absolute atomic E-state index is 0.0992. The van der Waals surface area contributed by atoms with Crippen LogP contribution in [0.1, 0.15) is 22.8 Å². The van der Waals surface area contributed by atoms with Crippen LogP contribution >= 0.6 is 0 Å². The zero-order chi connectivity index (χ0) is 22.4. The summed E-state index contributed by atoms with van der Waals surface area (Å²) in [5, 5.41) is 5.43. The first-order chi connectivity index (χ1) is 14.7. The Labute approximate surface area is 181 Å². The number of anilines is 3. The summed E-state index contributed by atoms with van der Waals surface area (Å²) < 4.78 is 26.4. The van der Waals surface area contributed by atoms with E-state index in [4.69, 9.17) is 0 Å². The van der Waals surface area contributed by atoms with Crippen molar-refractivity contribution < 1.29 is 18.0 Å². The van der Waals surface area contributed by atoms with Gasteiger partial charge in [-0.2, -0.15) is 0 Å². The average Bonchev–Trinajstić information content (AvgIpc) is 2.72. The molecule has 8 heteroatoms. The lowest BCUT2D eigenvalue weighted by molar-refractivity contribution is -0.114. The maximum Gasteiger partial charge on any atom is 0.257 e. The van der Waals surface area contributed by atoms with Gasteiger partial charge in [0.25, 0.3) is 5.91 Å². The molecule has 0 radical (unpaired) electrons. The molecule has 160 valence electrons. The van der Waals surface area contributed by atoms with E-state index >= 15 is 0 Å². The van der Waals surface area contributed by atoms with E-state index in [2.05, 4.69) is 10.6 Å². The molecule has 3 aromatic rings. The Morgan fingerprint density at radius 2 is 1.45 bits per heavy atom. The molecule has 2 amide bonds. The number of benzene rings is 3. The Morgan fingerprint density at radius 3 is 2.10 bits per heavy atom. The van der Waals surface area contributed by atoms with E-state index in [0.717, 1.165) is 11.8 Å². The molecule has 0 atom stereocenters. The third-order valence-electron chi connectivity index (χ3n) is 4.43. The van der Waals surface area contributed by atoms with Crippen molar-refractivity contribution in [2.45, 2.75) is 13.5 Å². The van der Waals surface area contributed by atoms with Crippen molar-refractivity contribution >= 4 is 38.9 Å². The van der Waals surface area contributed by atoms with Crippen LogP contribution in [0.4, 0.5) is 17.1 Å². The van der Waals surface area contributed by atoms with Crippen molar-refractivity contribution in [3.8, 4) is 0 Å². The Kier molecular flexibility index (Phi) is 6.71. The lowest BCUT2D eigenvalue weighted by Crippen LogP contribution is -2.31. The van der Waals surface area contributed by atoms with E-state index in [1.165, 1.54) is 11.2 Å². The molecule has 0 aliphatic rings. The fraction of sp³-hybridized carbons (Fsp3) is 0.130. The van der Waals surface area contributed by atoms with Gasteiger partial charge >= 0.3 is 0 Å². The number of hydrogen-bond acceptors (Lipinski definition) is 4. The summed E-state index contributed by atoms with van der Waals surface area (Å²) in [5.74, 6) is -0.684. The Morgan fingerprint density at radius 1 is 0.839 bits per heavy atom. The molecule has 0 spiro atoms. The summed E-state index contributed by atoms with van der Waals surface area (Å²) >= 11 is 0. The normalized spacial score (nSPS) is 10.9. The number of amides is 2. The first kappa shape index (κ1) is 22.0. The van der Waals surface area contributed by atoms with E-state index in [1.807, 2.05) is 30.3 Å². The fourth-order valence-electron chi connectivity index (χ4n) is 3.09. The van der Waals surface area contributed by atoms with Crippen molar-refractivity contribution in [3.63, 3.8) is 0 Å². The summed E-state index contributed by atoms with van der Waals surface area (Å²) in [6.07, 6.45) is 1.11. The van der Waals surface area contributed by atoms with Gasteiger partial charge in [-0.15, -0.1) is 0 Å². The van der Waals surface area contributed by atoms with Crippen molar-refractivity contribution in [1.82, 2.24) is 0 Å². The summed E-state index contributed by atoms with van der Waals surface area (Å²) in [5.41, 5.74) is 2.31. The first-order valence-corrected chi connectivity index (χ1v) is 11.4. The van der Waals surface area contributed by atoms with Crippen molar-refractivity contribution in [2.75, 3.05) is 21.2 Å². The number of rotatable bonds is 7. The van der Waals surface area contributed by atoms with Gasteiger partial charge < -0.3 is 10.6 Å². The number of nitrogens with one attached hydrogen (secondary N) is 2. The Hall–Kier alpha value is -3.65. The molecule has 31 heavy (non-hydrogen) atoms. The molecular formula is C23H23N3O4S. The molecule has 0 heterocycles. The molecule has 0 unspecified atom stereocenters. The van der Waals surface area contributed by atoms with Gasteiger partial charge in [0, 0.05) is 18.3 Å². The predicted octanol–water partition coefficient (Wildman–Crippen LogP) is 3.86. The van der Waals surface area contributed by atoms with E-state index in [1.54, 1.807) is 48.5 Å². The highest BCUT2D eigenvalue weighted by Gasteiger charge is 2.23. The average molecular weight is 438 g/mol. The van der Waals surface area contributed by atoms with Crippen LogP contribution in [-0.2, 0) is 21.4 Å². The minimum Gasteiger partial charge on any atom is -0.326 e. The SMILES string of the molecule is CC(=O)Nc1cccc(NC(=O)c2ccccc2N(Cc2ccccc2)S(C)(=O)=O)c1. The molecule has 0 fully saturated rings. The molecule has 0 saturated carbocycles. The van der Waals surface area contributed by atoms with Gasteiger partial charge in [0.05, 0.1) is 24.1 Å². The number of carbonyl (C=O) groups excluding carboxylic acids is 2. The molecule has 0 saturated heterocycles. The minimum atomic E-state index is -3.66. The van der Waals surface area contributed by atoms with Gasteiger partial charge in [-0.1, -0.05) is 48.5 Å². The van der Waals surface area contributed by atoms with Gasteiger partial charge in [0.1, 0.15) is 0 Å². The topological polar surface area (TPSA) is 95.6 Å². The number of para-hydroxylation sites is 1. The largest absolute Gasteiger partial charge is 0.326 e. The Bertz CT molecular complexity index is 1190. The molecule has 7 nitrogen and oxygen atoms in total. The molecule has 3 rings (SSSR count). The van der Waals surface area contributed by atoms with E-state index in [0.29, 0.717) is 11.4 Å². The van der Waals surface area contributed by atoms with Crippen LogP contribution in [0.15, 0.2) is 78.9 Å². The van der Waals surface area contributed by atoms with Crippen LogP contribution < -0.4 is 14.9 Å². The second-order valence-corrected chi connectivity index (χ2v) is 8.90. The zero-order valence-corrected chi connectivity index (χ0v) is 18.0. The van der Waals surface area contributed by atoms with Crippen molar-refractivity contribution in [1.29, 1.82) is 0 Å². The third kappa shape index (κ3) is 5.93. The molecular weight excluding hydrogens is 414 g/mol. The van der Waals surface area contributed by atoms with Gasteiger partial charge in [-0.3, -0.25) is 13.9 Å². The number of sulfonamides is 1. The molecule has 0 aliphatic carbocycles. The van der Waals surface area contributed by atoms with E-state index in [9.17, 15) is 18.0 Å². The van der Waals surface area contributed by atoms with Gasteiger partial charge in [0.2, 0.25) is 15.9 Å². The summed E-state index contributed by atoms with van der Waals surface area (Å²) in [6.45, 7) is 1.50. The summed E-state index contributed by atoms with van der Waals surface area (Å²) in [7, 11) is -3.66. The van der Waals surface area contributed by atoms with Crippen LogP contribution in [-0.4, -0.2) is 26.5 Å². The third-order valence-corrected chi connectivity index (χ3v) is 5.55.